The van der Waals surface area contributed by atoms with E-state index in [4.69, 9.17) is 5.26 Å². The number of nitrogens with zero attached hydrogens (tertiary/aromatic N) is 2. The van der Waals surface area contributed by atoms with E-state index in [1.165, 1.54) is 5.69 Å². The Bertz CT molecular complexity index is 392. The minimum Gasteiger partial charge on any atom is -0.367 e. The van der Waals surface area contributed by atoms with Crippen molar-refractivity contribution in [3.8, 4) is 6.07 Å². The molecule has 0 atom stereocenters. The Hall–Kier alpha value is -1.49. The molecule has 0 saturated heterocycles. The van der Waals surface area contributed by atoms with Crippen LogP contribution in [0.5, 0.6) is 0 Å². The van der Waals surface area contributed by atoms with Crippen molar-refractivity contribution in [3.63, 3.8) is 0 Å². The number of anilines is 1. The summed E-state index contributed by atoms with van der Waals surface area (Å²) in [5.41, 5.74) is 3.00. The van der Waals surface area contributed by atoms with E-state index in [1.54, 1.807) is 0 Å². The van der Waals surface area contributed by atoms with Crippen molar-refractivity contribution in [2.24, 2.45) is 0 Å². The van der Waals surface area contributed by atoms with E-state index < -0.39 is 0 Å². The van der Waals surface area contributed by atoms with Crippen molar-refractivity contribution in [3.05, 3.63) is 29.3 Å². The number of benzene rings is 1. The van der Waals surface area contributed by atoms with Gasteiger partial charge in [-0.1, -0.05) is 0 Å². The van der Waals surface area contributed by atoms with Gasteiger partial charge in [-0.3, -0.25) is 0 Å². The van der Waals surface area contributed by atoms with Gasteiger partial charge in [0, 0.05) is 17.8 Å². The topological polar surface area (TPSA) is 27.0 Å². The number of hydrogen-bond acceptors (Lipinski definition) is 2. The largest absolute Gasteiger partial charge is 0.367 e. The van der Waals surface area contributed by atoms with Crippen LogP contribution in [-0.2, 0) is 0 Å². The first-order valence-electron chi connectivity index (χ1n) is 5.76. The quantitative estimate of drug-likeness (QED) is 0.773. The minimum atomic E-state index is 0.465. The van der Waals surface area contributed by atoms with Crippen LogP contribution < -0.4 is 4.90 Å². The van der Waals surface area contributed by atoms with Crippen molar-refractivity contribution in [2.45, 2.75) is 46.7 Å². The highest BCUT2D eigenvalue weighted by molar-refractivity contribution is 5.54. The minimum absolute atomic E-state index is 0.465. The third-order valence-electron chi connectivity index (χ3n) is 2.74. The number of aryl methyl sites for hydroxylation is 1. The maximum absolute atomic E-state index is 8.90. The molecule has 16 heavy (non-hydrogen) atoms. The number of nitriles is 1. The smallest absolute Gasteiger partial charge is 0.0994 e. The lowest BCUT2D eigenvalue weighted by atomic mass is 10.1. The van der Waals surface area contributed by atoms with Gasteiger partial charge < -0.3 is 4.90 Å². The van der Waals surface area contributed by atoms with Gasteiger partial charge in [0.1, 0.15) is 0 Å². The highest BCUT2D eigenvalue weighted by atomic mass is 15.2. The Morgan fingerprint density at radius 3 is 2.06 bits per heavy atom. The van der Waals surface area contributed by atoms with E-state index in [-0.39, 0.29) is 0 Å². The zero-order chi connectivity index (χ0) is 12.3. The first kappa shape index (κ1) is 12.6. The molecule has 0 bridgehead atoms. The fourth-order valence-corrected chi connectivity index (χ4v) is 2.13. The summed E-state index contributed by atoms with van der Waals surface area (Å²) in [5, 5.41) is 8.90. The molecule has 0 saturated carbocycles. The lowest BCUT2D eigenvalue weighted by molar-refractivity contribution is 0.608. The fraction of sp³-hybridized carbons (Fsp3) is 0.500. The molecule has 0 fully saturated rings. The molecule has 0 heterocycles. The Balaban J connectivity index is 3.13. The van der Waals surface area contributed by atoms with E-state index in [2.05, 4.69) is 44.7 Å². The van der Waals surface area contributed by atoms with Crippen molar-refractivity contribution in [1.82, 2.24) is 0 Å². The van der Waals surface area contributed by atoms with Gasteiger partial charge in [0.15, 0.2) is 0 Å². The van der Waals surface area contributed by atoms with Gasteiger partial charge in [0.2, 0.25) is 0 Å². The molecule has 86 valence electrons. The summed E-state index contributed by atoms with van der Waals surface area (Å²) in [5.74, 6) is 0. The third-order valence-corrected chi connectivity index (χ3v) is 2.74. The van der Waals surface area contributed by atoms with E-state index in [0.717, 1.165) is 11.1 Å². The SMILES string of the molecule is Cc1cc(N(C(C)C)C(C)C)ccc1C#N. The molecule has 0 N–H and O–H groups in total. The van der Waals surface area contributed by atoms with Gasteiger partial charge in [-0.15, -0.1) is 0 Å². The van der Waals surface area contributed by atoms with Crippen molar-refractivity contribution in [2.75, 3.05) is 4.90 Å². The predicted octanol–water partition coefficient (Wildman–Crippen LogP) is 3.49. The van der Waals surface area contributed by atoms with Crippen LogP contribution >= 0.6 is 0 Å². The van der Waals surface area contributed by atoms with Crippen LogP contribution in [0.4, 0.5) is 5.69 Å². The molecule has 0 aliphatic heterocycles. The molecule has 0 aliphatic carbocycles. The van der Waals surface area contributed by atoms with E-state index in [1.807, 2.05) is 19.1 Å². The van der Waals surface area contributed by atoms with E-state index in [0.29, 0.717) is 12.1 Å². The van der Waals surface area contributed by atoms with Crippen LogP contribution in [-0.4, -0.2) is 12.1 Å². The number of hydrogen-bond donors (Lipinski definition) is 0. The van der Waals surface area contributed by atoms with Crippen molar-refractivity contribution >= 4 is 5.69 Å². The average molecular weight is 216 g/mol. The van der Waals surface area contributed by atoms with Crippen molar-refractivity contribution < 1.29 is 0 Å². The molecular formula is C14H20N2. The maximum Gasteiger partial charge on any atom is 0.0994 e. The molecular weight excluding hydrogens is 196 g/mol. The summed E-state index contributed by atoms with van der Waals surface area (Å²) in [4.78, 5) is 2.36. The van der Waals surface area contributed by atoms with Crippen LogP contribution in [0.25, 0.3) is 0 Å². The van der Waals surface area contributed by atoms with Crippen LogP contribution in [0.2, 0.25) is 0 Å². The second-order valence-electron chi connectivity index (χ2n) is 4.71. The Kier molecular flexibility index (Phi) is 3.95. The van der Waals surface area contributed by atoms with Gasteiger partial charge >= 0.3 is 0 Å². The molecule has 0 radical (unpaired) electrons. The summed E-state index contributed by atoms with van der Waals surface area (Å²) in [6.45, 7) is 10.7. The second kappa shape index (κ2) is 5.03. The second-order valence-corrected chi connectivity index (χ2v) is 4.71. The molecule has 1 rings (SSSR count). The Morgan fingerprint density at radius 2 is 1.69 bits per heavy atom. The Labute approximate surface area is 98.5 Å². The van der Waals surface area contributed by atoms with Crippen LogP contribution in [0.1, 0.15) is 38.8 Å². The highest BCUT2D eigenvalue weighted by Gasteiger charge is 2.14. The van der Waals surface area contributed by atoms with Gasteiger partial charge in [-0.25, -0.2) is 0 Å². The van der Waals surface area contributed by atoms with Crippen molar-refractivity contribution in [1.29, 1.82) is 5.26 Å². The van der Waals surface area contributed by atoms with Crippen LogP contribution in [0, 0.1) is 18.3 Å². The molecule has 0 aliphatic rings. The first-order chi connectivity index (χ1) is 7.47. The Morgan fingerprint density at radius 1 is 1.12 bits per heavy atom. The highest BCUT2D eigenvalue weighted by Crippen LogP contribution is 2.22. The summed E-state index contributed by atoms with van der Waals surface area (Å²) in [6.07, 6.45) is 0. The monoisotopic (exact) mass is 216 g/mol. The third kappa shape index (κ3) is 2.55. The first-order valence-corrected chi connectivity index (χ1v) is 5.76. The molecule has 2 heteroatoms. The summed E-state index contributed by atoms with van der Waals surface area (Å²) in [7, 11) is 0. The van der Waals surface area contributed by atoms with Crippen LogP contribution in [0.3, 0.4) is 0 Å². The maximum atomic E-state index is 8.90. The number of rotatable bonds is 3. The molecule has 0 amide bonds. The molecule has 1 aromatic rings. The predicted molar refractivity (Wildman–Crippen MR) is 68.6 cm³/mol. The average Bonchev–Trinajstić information content (AvgIpc) is 2.16. The van der Waals surface area contributed by atoms with Gasteiger partial charge in [0.25, 0.3) is 0 Å². The summed E-state index contributed by atoms with van der Waals surface area (Å²) in [6, 6.07) is 9.17. The standard InChI is InChI=1S/C14H20N2/c1-10(2)16(11(3)4)14-7-6-13(9-15)12(5)8-14/h6-8,10-11H,1-5H3. The lowest BCUT2D eigenvalue weighted by Gasteiger charge is -2.33. The molecule has 1 aromatic carbocycles. The lowest BCUT2D eigenvalue weighted by Crippen LogP contribution is -2.37. The van der Waals surface area contributed by atoms with Gasteiger partial charge in [-0.05, 0) is 58.4 Å². The van der Waals surface area contributed by atoms with E-state index in [9.17, 15) is 0 Å². The summed E-state index contributed by atoms with van der Waals surface area (Å²) < 4.78 is 0. The zero-order valence-corrected chi connectivity index (χ0v) is 10.8. The van der Waals surface area contributed by atoms with E-state index >= 15 is 0 Å². The summed E-state index contributed by atoms with van der Waals surface area (Å²) >= 11 is 0. The molecule has 0 spiro atoms. The molecule has 0 unspecified atom stereocenters. The molecule has 2 nitrogen and oxygen atoms in total. The molecule has 0 aromatic heterocycles. The normalized spacial score (nSPS) is 10.6. The van der Waals surface area contributed by atoms with Gasteiger partial charge in [0.05, 0.1) is 11.6 Å². The zero-order valence-electron chi connectivity index (χ0n) is 10.8. The fourth-order valence-electron chi connectivity index (χ4n) is 2.13. The van der Waals surface area contributed by atoms with Gasteiger partial charge in [-0.2, -0.15) is 5.26 Å². The van der Waals surface area contributed by atoms with Crippen LogP contribution in [0.15, 0.2) is 18.2 Å².